The molecule has 88 valence electrons. The number of nitrogens with one attached hydrogen (secondary N) is 1. The van der Waals surface area contributed by atoms with E-state index in [1.807, 2.05) is 4.57 Å². The van der Waals surface area contributed by atoms with Crippen LogP contribution in [0.5, 0.6) is 0 Å². The Morgan fingerprint density at radius 1 is 1.75 bits per heavy atom. The summed E-state index contributed by atoms with van der Waals surface area (Å²) >= 11 is 0. The number of nitrogens with two attached hydrogens (primary N) is 1. The second kappa shape index (κ2) is 5.09. The van der Waals surface area contributed by atoms with Gasteiger partial charge in [-0.25, -0.2) is 4.98 Å². The monoisotopic (exact) mass is 224 g/mol. The topological polar surface area (TPSA) is 82.2 Å². The Kier molecular flexibility index (Phi) is 3.53. The predicted molar refractivity (Wildman–Crippen MR) is 57.6 cm³/mol. The number of hydrogen-bond acceptors (Lipinski definition) is 4. The molecule has 2 heterocycles. The number of nitrogens with zero attached hydrogens (tertiary/aromatic N) is 2. The highest BCUT2D eigenvalue weighted by Gasteiger charge is 2.19. The number of hydrogen-bond donors (Lipinski definition) is 2. The minimum absolute atomic E-state index is 0.0177. The van der Waals surface area contributed by atoms with E-state index in [0.717, 1.165) is 18.8 Å². The number of carbonyl (C=O) groups excluding carboxylic acids is 1. The molecule has 2 rings (SSSR count). The molecule has 1 fully saturated rings. The number of rotatable bonds is 4. The van der Waals surface area contributed by atoms with Gasteiger partial charge in [-0.05, 0) is 0 Å². The highest BCUT2D eigenvalue weighted by molar-refractivity contribution is 5.73. The van der Waals surface area contributed by atoms with Gasteiger partial charge in [0.1, 0.15) is 6.10 Å². The Hall–Kier alpha value is -1.40. The lowest BCUT2D eigenvalue weighted by Crippen LogP contribution is -2.34. The minimum atomic E-state index is -0.303. The zero-order chi connectivity index (χ0) is 11.4. The van der Waals surface area contributed by atoms with E-state index in [4.69, 9.17) is 10.5 Å². The first-order chi connectivity index (χ1) is 7.77. The largest absolute Gasteiger partial charge is 0.370 e. The second-order valence-corrected chi connectivity index (χ2v) is 3.79. The van der Waals surface area contributed by atoms with E-state index in [-0.39, 0.29) is 12.0 Å². The van der Waals surface area contributed by atoms with Gasteiger partial charge in [0, 0.05) is 26.1 Å². The molecule has 1 unspecified atom stereocenters. The van der Waals surface area contributed by atoms with E-state index in [9.17, 15) is 4.79 Å². The Balaban J connectivity index is 2.02. The lowest BCUT2D eigenvalue weighted by atomic mass is 10.2. The normalized spacial score (nSPS) is 20.9. The van der Waals surface area contributed by atoms with Gasteiger partial charge in [-0.3, -0.25) is 4.79 Å². The average Bonchev–Trinajstić information content (AvgIpc) is 2.75. The molecule has 1 amide bonds. The number of amides is 1. The highest BCUT2D eigenvalue weighted by atomic mass is 16.5. The number of aromatic nitrogens is 2. The molecule has 0 spiro atoms. The van der Waals surface area contributed by atoms with Crippen LogP contribution in [0, 0.1) is 0 Å². The molecular formula is C10H16N4O2. The lowest BCUT2D eigenvalue weighted by Gasteiger charge is -2.24. The zero-order valence-electron chi connectivity index (χ0n) is 9.06. The van der Waals surface area contributed by atoms with Gasteiger partial charge < -0.3 is 20.4 Å². The molecule has 0 radical (unpaired) electrons. The van der Waals surface area contributed by atoms with Crippen molar-refractivity contribution in [3.05, 3.63) is 18.2 Å². The molecule has 16 heavy (non-hydrogen) atoms. The smallest absolute Gasteiger partial charge is 0.219 e. The van der Waals surface area contributed by atoms with E-state index in [2.05, 4.69) is 10.3 Å². The first-order valence-corrected chi connectivity index (χ1v) is 5.38. The van der Waals surface area contributed by atoms with Crippen LogP contribution in [0.15, 0.2) is 12.5 Å². The summed E-state index contributed by atoms with van der Waals surface area (Å²) in [6, 6.07) is 0. The third-order valence-corrected chi connectivity index (χ3v) is 2.60. The molecule has 0 saturated carbocycles. The van der Waals surface area contributed by atoms with Crippen LogP contribution in [-0.2, 0) is 16.1 Å². The first-order valence-electron chi connectivity index (χ1n) is 5.38. The van der Waals surface area contributed by atoms with Crippen LogP contribution >= 0.6 is 0 Å². The van der Waals surface area contributed by atoms with Crippen molar-refractivity contribution in [2.75, 3.05) is 19.7 Å². The predicted octanol–water partition coefficient (Wildman–Crippen LogP) is -0.581. The van der Waals surface area contributed by atoms with E-state index in [1.165, 1.54) is 0 Å². The number of primary amides is 1. The molecule has 1 aliphatic rings. The lowest BCUT2D eigenvalue weighted by molar-refractivity contribution is -0.118. The summed E-state index contributed by atoms with van der Waals surface area (Å²) in [6.07, 6.45) is 3.82. The number of imidazole rings is 1. The Labute approximate surface area is 93.8 Å². The fraction of sp³-hybridized carbons (Fsp3) is 0.600. The van der Waals surface area contributed by atoms with Crippen LogP contribution in [0.4, 0.5) is 0 Å². The van der Waals surface area contributed by atoms with Gasteiger partial charge >= 0.3 is 0 Å². The fourth-order valence-electron chi connectivity index (χ4n) is 1.77. The maximum absolute atomic E-state index is 10.7. The van der Waals surface area contributed by atoms with Gasteiger partial charge in [0.2, 0.25) is 5.91 Å². The molecular weight excluding hydrogens is 208 g/mol. The van der Waals surface area contributed by atoms with Crippen molar-refractivity contribution in [2.24, 2.45) is 5.73 Å². The molecule has 1 atom stereocenters. The summed E-state index contributed by atoms with van der Waals surface area (Å²) in [5.41, 5.74) is 6.12. The van der Waals surface area contributed by atoms with Gasteiger partial charge in [0.05, 0.1) is 24.8 Å². The van der Waals surface area contributed by atoms with Crippen molar-refractivity contribution in [3.63, 3.8) is 0 Å². The molecule has 0 bridgehead atoms. The highest BCUT2D eigenvalue weighted by Crippen LogP contribution is 2.18. The third-order valence-electron chi connectivity index (χ3n) is 2.60. The van der Waals surface area contributed by atoms with Crippen LogP contribution < -0.4 is 11.1 Å². The van der Waals surface area contributed by atoms with Crippen molar-refractivity contribution in [3.8, 4) is 0 Å². The van der Waals surface area contributed by atoms with Crippen molar-refractivity contribution in [1.82, 2.24) is 14.9 Å². The summed E-state index contributed by atoms with van der Waals surface area (Å²) in [4.78, 5) is 14.8. The number of carbonyl (C=O) groups is 1. The molecule has 0 aliphatic carbocycles. The Morgan fingerprint density at radius 3 is 3.31 bits per heavy atom. The molecule has 1 saturated heterocycles. The minimum Gasteiger partial charge on any atom is -0.370 e. The molecule has 3 N–H and O–H groups in total. The molecule has 1 aliphatic heterocycles. The van der Waals surface area contributed by atoms with Crippen molar-refractivity contribution in [1.29, 1.82) is 0 Å². The van der Waals surface area contributed by atoms with Gasteiger partial charge in [-0.15, -0.1) is 0 Å². The summed E-state index contributed by atoms with van der Waals surface area (Å²) in [5, 5.41) is 3.26. The van der Waals surface area contributed by atoms with E-state index < -0.39 is 0 Å². The third kappa shape index (κ3) is 2.59. The summed E-state index contributed by atoms with van der Waals surface area (Å²) in [6.45, 7) is 2.92. The van der Waals surface area contributed by atoms with Crippen LogP contribution in [0.3, 0.4) is 0 Å². The van der Waals surface area contributed by atoms with Gasteiger partial charge in [-0.1, -0.05) is 0 Å². The molecule has 0 aromatic carbocycles. The fourth-order valence-corrected chi connectivity index (χ4v) is 1.77. The molecule has 1 aromatic rings. The van der Waals surface area contributed by atoms with E-state index in [1.54, 1.807) is 12.5 Å². The van der Waals surface area contributed by atoms with Gasteiger partial charge in [0.25, 0.3) is 0 Å². The first kappa shape index (κ1) is 11.1. The standard InChI is InChI=1S/C10H16N4O2/c11-10(15)1-3-14-7-13-5-8(14)9-6-12-2-4-16-9/h5,7,9,12H,1-4,6H2,(H2,11,15). The van der Waals surface area contributed by atoms with Crippen LogP contribution in [0.1, 0.15) is 18.2 Å². The summed E-state index contributed by atoms with van der Waals surface area (Å²) < 4.78 is 7.55. The SMILES string of the molecule is NC(=O)CCn1cncc1C1CNCCO1. The van der Waals surface area contributed by atoms with Crippen molar-refractivity contribution >= 4 is 5.91 Å². The van der Waals surface area contributed by atoms with E-state index in [0.29, 0.717) is 19.6 Å². The Morgan fingerprint density at radius 2 is 2.62 bits per heavy atom. The second-order valence-electron chi connectivity index (χ2n) is 3.79. The number of aryl methyl sites for hydroxylation is 1. The van der Waals surface area contributed by atoms with Gasteiger partial charge in [-0.2, -0.15) is 0 Å². The van der Waals surface area contributed by atoms with Crippen LogP contribution in [0.25, 0.3) is 0 Å². The van der Waals surface area contributed by atoms with Crippen LogP contribution in [0.2, 0.25) is 0 Å². The molecule has 1 aromatic heterocycles. The number of morpholine rings is 1. The van der Waals surface area contributed by atoms with Crippen molar-refractivity contribution < 1.29 is 9.53 Å². The summed E-state index contributed by atoms with van der Waals surface area (Å²) in [5.74, 6) is -0.303. The Bertz CT molecular complexity index is 357. The summed E-state index contributed by atoms with van der Waals surface area (Å²) in [7, 11) is 0. The number of ether oxygens (including phenoxy) is 1. The quantitative estimate of drug-likeness (QED) is 0.717. The van der Waals surface area contributed by atoms with Crippen LogP contribution in [-0.4, -0.2) is 35.2 Å². The maximum Gasteiger partial charge on any atom is 0.219 e. The zero-order valence-corrected chi connectivity index (χ0v) is 9.06. The molecule has 6 nitrogen and oxygen atoms in total. The maximum atomic E-state index is 10.7. The van der Waals surface area contributed by atoms with Crippen molar-refractivity contribution in [2.45, 2.75) is 19.1 Å². The average molecular weight is 224 g/mol. The van der Waals surface area contributed by atoms with E-state index >= 15 is 0 Å². The molecule has 6 heteroatoms. The van der Waals surface area contributed by atoms with Gasteiger partial charge in [0.15, 0.2) is 0 Å².